The van der Waals surface area contributed by atoms with Crippen LogP contribution in [0.15, 0.2) is 11.9 Å². The van der Waals surface area contributed by atoms with Crippen molar-refractivity contribution in [1.82, 2.24) is 0 Å². The van der Waals surface area contributed by atoms with Crippen LogP contribution in [0, 0.1) is 5.92 Å². The Labute approximate surface area is 85.5 Å². The molecule has 0 aromatic rings. The summed E-state index contributed by atoms with van der Waals surface area (Å²) in [5.74, 6) is -1.51. The number of ether oxygens (including phenoxy) is 1. The van der Waals surface area contributed by atoms with Crippen LogP contribution in [0.2, 0.25) is 0 Å². The minimum absolute atomic E-state index is 0.0939. The maximum Gasteiger partial charge on any atom is 0.321 e. The molecule has 2 unspecified atom stereocenters. The zero-order valence-electron chi connectivity index (χ0n) is 6.12. The van der Waals surface area contributed by atoms with Crippen molar-refractivity contribution in [1.29, 1.82) is 0 Å². The lowest BCUT2D eigenvalue weighted by atomic mass is 10.1. The molecule has 1 aliphatic rings. The first-order chi connectivity index (χ1) is 5.52. The van der Waals surface area contributed by atoms with Gasteiger partial charge in [-0.2, -0.15) is 0 Å². The molecule has 0 aromatic heterocycles. The summed E-state index contributed by atoms with van der Waals surface area (Å²) in [6.07, 6.45) is 0.0939. The molecule has 1 fully saturated rings. The van der Waals surface area contributed by atoms with Gasteiger partial charge in [-0.3, -0.25) is 9.59 Å². The van der Waals surface area contributed by atoms with Gasteiger partial charge in [-0.15, -0.1) is 0 Å². The van der Waals surface area contributed by atoms with Crippen molar-refractivity contribution in [3.63, 3.8) is 0 Å². The summed E-state index contributed by atoms with van der Waals surface area (Å²) in [5, 5.41) is 0.612. The molecule has 0 aliphatic carbocycles. The van der Waals surface area contributed by atoms with Crippen LogP contribution in [0.1, 0.15) is 6.42 Å². The van der Waals surface area contributed by atoms with Gasteiger partial charge in [0.1, 0.15) is 7.57 Å². The van der Waals surface area contributed by atoms with Crippen LogP contribution in [-0.2, 0) is 14.3 Å². The Bertz CT molecular complexity index is 253. The average molecular weight is 294 g/mol. The van der Waals surface area contributed by atoms with E-state index in [4.69, 9.17) is 7.57 Å². The predicted octanol–water partition coefficient (Wildman–Crippen LogP) is 1.51. The molecule has 2 atom stereocenters. The maximum absolute atomic E-state index is 11.0. The summed E-state index contributed by atoms with van der Waals surface area (Å²) >= 11 is 2.00. The summed E-state index contributed by atoms with van der Waals surface area (Å²) in [4.78, 5) is 21.6. The number of hydrogen-bond acceptors (Lipinski definition) is 3. The molecule has 3 nitrogen and oxygen atoms in total. The fraction of sp³-hybridized carbons (Fsp3) is 0.333. The van der Waals surface area contributed by atoms with Crippen LogP contribution in [0.4, 0.5) is 0 Å². The monoisotopic (exact) mass is 294 g/mol. The van der Waals surface area contributed by atoms with Crippen molar-refractivity contribution < 1.29 is 14.3 Å². The van der Waals surface area contributed by atoms with E-state index in [0.29, 0.717) is 5.31 Å². The largest absolute Gasteiger partial charge is 0.393 e. The summed E-state index contributed by atoms with van der Waals surface area (Å²) in [6.45, 7) is 3.66. The fourth-order valence-corrected chi connectivity index (χ4v) is 2.38. The van der Waals surface area contributed by atoms with E-state index in [1.165, 1.54) is 0 Å². The van der Waals surface area contributed by atoms with Crippen molar-refractivity contribution >= 4 is 47.0 Å². The van der Waals surface area contributed by atoms with E-state index in [9.17, 15) is 9.59 Å². The molecule has 0 spiro atoms. The third-order valence-corrected chi connectivity index (χ3v) is 4.27. The highest BCUT2D eigenvalue weighted by Crippen LogP contribution is 2.52. The predicted molar refractivity (Wildman–Crippen MR) is 55.0 cm³/mol. The van der Waals surface area contributed by atoms with Crippen molar-refractivity contribution in [2.24, 2.45) is 5.92 Å². The lowest BCUT2D eigenvalue weighted by Gasteiger charge is -2.11. The second-order valence-corrected chi connectivity index (χ2v) is 6.67. The van der Waals surface area contributed by atoms with Crippen LogP contribution < -0.4 is 0 Å². The highest BCUT2D eigenvalue weighted by molar-refractivity contribution is 14.2. The van der Waals surface area contributed by atoms with Gasteiger partial charge in [0.05, 0.1) is 12.3 Å². The number of carbonyl (C=O) groups excluding carboxylic acids is 2. The Kier molecular flexibility index (Phi) is 3.29. The lowest BCUT2D eigenvalue weighted by molar-refractivity contribution is -0.152. The fourth-order valence-electron chi connectivity index (χ4n) is 0.878. The van der Waals surface area contributed by atoms with Crippen LogP contribution in [0.25, 0.3) is 0 Å². The third-order valence-electron chi connectivity index (χ3n) is 1.55. The third kappa shape index (κ3) is 2.07. The first-order valence-corrected chi connectivity index (χ1v) is 7.36. The molecule has 1 heterocycles. The highest BCUT2D eigenvalue weighted by atomic mass is 127. The zero-order chi connectivity index (χ0) is 9.30. The number of hydrogen-bond donors (Lipinski definition) is 0. The Morgan fingerprint density at radius 1 is 1.75 bits per heavy atom. The van der Waals surface area contributed by atoms with Gasteiger partial charge < -0.3 is 4.74 Å². The Hall–Kier alpha value is 0.105. The van der Waals surface area contributed by atoms with Crippen molar-refractivity contribution in [2.45, 2.75) is 6.42 Å². The molecule has 0 saturated carbocycles. The SMILES string of the molecule is [B]P(I)C(=C)C1CC(=O)OC1=O. The molecule has 1 saturated heterocycles. The Morgan fingerprint density at radius 2 is 2.33 bits per heavy atom. The van der Waals surface area contributed by atoms with E-state index in [1.807, 2.05) is 22.0 Å². The molecule has 12 heavy (non-hydrogen) atoms. The molecular weight excluding hydrogens is 289 g/mol. The Morgan fingerprint density at radius 3 is 2.67 bits per heavy atom. The minimum atomic E-state index is -0.896. The lowest BCUT2D eigenvalue weighted by Crippen LogP contribution is -2.08. The van der Waals surface area contributed by atoms with Gasteiger partial charge in [0, 0.05) is 0 Å². The second-order valence-electron chi connectivity index (χ2n) is 2.35. The van der Waals surface area contributed by atoms with E-state index in [1.54, 1.807) is 0 Å². The van der Waals surface area contributed by atoms with E-state index in [0.717, 1.165) is 0 Å². The summed E-state index contributed by atoms with van der Waals surface area (Å²) in [6, 6.07) is 0. The van der Waals surface area contributed by atoms with Crippen molar-refractivity contribution in [2.75, 3.05) is 0 Å². The van der Waals surface area contributed by atoms with Crippen LogP contribution in [0.5, 0.6) is 0 Å². The first kappa shape index (κ1) is 10.2. The van der Waals surface area contributed by atoms with E-state index in [2.05, 4.69) is 11.3 Å². The maximum atomic E-state index is 11.0. The average Bonchev–Trinajstić information content (AvgIpc) is 2.28. The number of rotatable bonds is 2. The normalized spacial score (nSPS) is 25.2. The molecule has 62 valence electrons. The molecule has 0 N–H and O–H groups in total. The zero-order valence-corrected chi connectivity index (χ0v) is 9.17. The topological polar surface area (TPSA) is 43.4 Å². The highest BCUT2D eigenvalue weighted by Gasteiger charge is 2.36. The summed E-state index contributed by atoms with van der Waals surface area (Å²) < 4.78 is 4.36. The van der Waals surface area contributed by atoms with Crippen molar-refractivity contribution in [3.8, 4) is 0 Å². The molecule has 1 aliphatic heterocycles. The molecule has 0 amide bonds. The van der Waals surface area contributed by atoms with E-state index >= 15 is 0 Å². The number of esters is 2. The van der Waals surface area contributed by atoms with Gasteiger partial charge in [0.2, 0.25) is 0 Å². The van der Waals surface area contributed by atoms with Gasteiger partial charge >= 0.3 is 11.9 Å². The standard InChI is InChI=1S/C6H5BIO3P/c1-3(12(7)8)4-2-5(9)11-6(4)10/h4H,1-2H2. The minimum Gasteiger partial charge on any atom is -0.393 e. The number of halogens is 1. The van der Waals surface area contributed by atoms with Gasteiger partial charge in [0.25, 0.3) is 0 Å². The van der Waals surface area contributed by atoms with Crippen LogP contribution in [0.3, 0.4) is 0 Å². The van der Waals surface area contributed by atoms with Gasteiger partial charge in [0.15, 0.2) is 0 Å². The molecule has 0 bridgehead atoms. The number of cyclic esters (lactones) is 2. The van der Waals surface area contributed by atoms with E-state index in [-0.39, 0.29) is 6.42 Å². The molecule has 2 radical (unpaired) electrons. The van der Waals surface area contributed by atoms with Gasteiger partial charge in [-0.05, 0) is 5.31 Å². The second kappa shape index (κ2) is 3.88. The molecule has 6 heteroatoms. The Balaban J connectivity index is 2.71. The molecule has 1 rings (SSSR count). The summed E-state index contributed by atoms with van der Waals surface area (Å²) in [5.41, 5.74) is -0.896. The molecule has 0 aromatic carbocycles. The van der Waals surface area contributed by atoms with Crippen molar-refractivity contribution in [3.05, 3.63) is 11.9 Å². The van der Waals surface area contributed by atoms with Gasteiger partial charge in [-0.25, -0.2) is 0 Å². The van der Waals surface area contributed by atoms with Crippen LogP contribution in [-0.4, -0.2) is 19.5 Å². The van der Waals surface area contributed by atoms with Gasteiger partial charge in [-0.1, -0.05) is 34.1 Å². The first-order valence-electron chi connectivity index (χ1n) is 3.16. The molecular formula is C6H5BIO3P. The van der Waals surface area contributed by atoms with Crippen LogP contribution >= 0.6 is 27.5 Å². The summed E-state index contributed by atoms with van der Waals surface area (Å²) in [7, 11) is 5.56. The van der Waals surface area contributed by atoms with E-state index < -0.39 is 23.3 Å². The smallest absolute Gasteiger partial charge is 0.321 e. The quantitative estimate of drug-likeness (QED) is 0.255. The number of carbonyl (C=O) groups is 2.